The van der Waals surface area contributed by atoms with E-state index in [-0.39, 0.29) is 11.8 Å². The molecule has 0 aliphatic heterocycles. The third-order valence-corrected chi connectivity index (χ3v) is 5.03. The van der Waals surface area contributed by atoms with Crippen LogP contribution in [0.1, 0.15) is 12.2 Å². The van der Waals surface area contributed by atoms with Gasteiger partial charge in [-0.05, 0) is 42.1 Å². The minimum atomic E-state index is -0.223. The van der Waals surface area contributed by atoms with Crippen molar-refractivity contribution in [2.45, 2.75) is 19.4 Å². The molecule has 7 nitrogen and oxygen atoms in total. The third kappa shape index (κ3) is 3.02. The summed E-state index contributed by atoms with van der Waals surface area (Å²) in [5.41, 5.74) is 7.43. The average molecular weight is 390 g/mol. The Labute approximate surface area is 165 Å². The molecule has 5 rings (SSSR count). The normalized spacial score (nSPS) is 11.7. The number of halogens is 1. The molecule has 0 fully saturated rings. The van der Waals surface area contributed by atoms with Gasteiger partial charge in [0.05, 0.1) is 7.11 Å². The van der Waals surface area contributed by atoms with E-state index in [0.29, 0.717) is 29.2 Å². The summed E-state index contributed by atoms with van der Waals surface area (Å²) < 4.78 is 22.4. The molecule has 0 atom stereocenters. The van der Waals surface area contributed by atoms with Gasteiger partial charge < -0.3 is 15.0 Å². The summed E-state index contributed by atoms with van der Waals surface area (Å²) in [6.45, 7) is 0.786. The van der Waals surface area contributed by atoms with Crippen molar-refractivity contribution >= 4 is 33.3 Å². The maximum Gasteiger partial charge on any atom is 0.223 e. The van der Waals surface area contributed by atoms with Crippen LogP contribution >= 0.6 is 0 Å². The van der Waals surface area contributed by atoms with Gasteiger partial charge in [-0.3, -0.25) is 0 Å². The Bertz CT molecular complexity index is 1360. The minimum absolute atomic E-state index is 0.223. The number of hydrogen-bond donors (Lipinski definition) is 1. The summed E-state index contributed by atoms with van der Waals surface area (Å²) in [7, 11) is 1.60. The second-order valence-electron chi connectivity index (χ2n) is 6.96. The molecule has 2 N–H and O–H groups in total. The Morgan fingerprint density at radius 2 is 1.97 bits per heavy atom. The first-order valence-electron chi connectivity index (χ1n) is 9.35. The molecule has 0 radical (unpaired) electrons. The van der Waals surface area contributed by atoms with Gasteiger partial charge in [0, 0.05) is 36.1 Å². The zero-order valence-electron chi connectivity index (χ0n) is 15.8. The van der Waals surface area contributed by atoms with Crippen LogP contribution in [0.3, 0.4) is 0 Å². The molecule has 29 heavy (non-hydrogen) atoms. The maximum absolute atomic E-state index is 13.4. The van der Waals surface area contributed by atoms with E-state index >= 15 is 0 Å². The Hall–Kier alpha value is -3.68. The zero-order valence-corrected chi connectivity index (χ0v) is 15.8. The van der Waals surface area contributed by atoms with Gasteiger partial charge in [-0.2, -0.15) is 4.52 Å². The second kappa shape index (κ2) is 6.73. The SMILES string of the molecule is COc1cccc2c1nc(N)n1nc(CCCn3cc4ccc(F)cc4c3)nc21. The molecule has 0 aliphatic rings. The fourth-order valence-corrected chi connectivity index (χ4v) is 3.66. The fourth-order valence-electron chi connectivity index (χ4n) is 3.66. The molecule has 8 heteroatoms. The molecule has 0 saturated heterocycles. The number of aromatic nitrogens is 5. The van der Waals surface area contributed by atoms with Crippen LogP contribution in [-0.2, 0) is 13.0 Å². The summed E-state index contributed by atoms with van der Waals surface area (Å²) in [4.78, 5) is 9.11. The van der Waals surface area contributed by atoms with Gasteiger partial charge in [-0.15, -0.1) is 5.10 Å². The van der Waals surface area contributed by atoms with Gasteiger partial charge in [0.15, 0.2) is 11.5 Å². The standard InChI is InChI=1S/C21H19FN6O/c1-29-17-5-2-4-16-19(17)25-21(23)28-20(16)24-18(26-28)6-3-9-27-11-13-7-8-15(22)10-14(13)12-27/h2,4-5,7-8,10-12H,3,6,9H2,1H3,(H2,23,25). The highest BCUT2D eigenvalue weighted by molar-refractivity contribution is 5.95. The van der Waals surface area contributed by atoms with E-state index in [2.05, 4.69) is 19.6 Å². The number of ether oxygens (including phenoxy) is 1. The quantitative estimate of drug-likeness (QED) is 0.496. The third-order valence-electron chi connectivity index (χ3n) is 5.03. The van der Waals surface area contributed by atoms with Crippen LogP contribution in [-0.4, -0.2) is 31.3 Å². The first kappa shape index (κ1) is 17.4. The number of nitrogens with two attached hydrogens (primary N) is 1. The van der Waals surface area contributed by atoms with E-state index in [9.17, 15) is 4.39 Å². The Balaban J connectivity index is 1.40. The number of hydrogen-bond acceptors (Lipinski definition) is 5. The van der Waals surface area contributed by atoms with E-state index in [4.69, 9.17) is 10.5 Å². The smallest absolute Gasteiger partial charge is 0.223 e. The summed E-state index contributed by atoms with van der Waals surface area (Å²) >= 11 is 0. The largest absolute Gasteiger partial charge is 0.494 e. The molecule has 3 aromatic heterocycles. The van der Waals surface area contributed by atoms with Crippen LogP contribution in [0, 0.1) is 5.82 Å². The lowest BCUT2D eigenvalue weighted by Gasteiger charge is -2.06. The first-order valence-corrected chi connectivity index (χ1v) is 9.35. The molecule has 0 spiro atoms. The van der Waals surface area contributed by atoms with Crippen molar-refractivity contribution in [1.29, 1.82) is 0 Å². The highest BCUT2D eigenvalue weighted by Crippen LogP contribution is 2.27. The summed E-state index contributed by atoms with van der Waals surface area (Å²) in [6, 6.07) is 10.5. The van der Waals surface area contributed by atoms with Crippen LogP contribution < -0.4 is 10.5 Å². The first-order chi connectivity index (χ1) is 14.1. The lowest BCUT2D eigenvalue weighted by molar-refractivity contribution is 0.419. The van der Waals surface area contributed by atoms with Gasteiger partial charge in [0.1, 0.15) is 17.1 Å². The van der Waals surface area contributed by atoms with Crippen LogP contribution in [0.25, 0.3) is 27.3 Å². The van der Waals surface area contributed by atoms with Gasteiger partial charge in [-0.1, -0.05) is 6.07 Å². The van der Waals surface area contributed by atoms with Crippen molar-refractivity contribution in [3.63, 3.8) is 0 Å². The van der Waals surface area contributed by atoms with Crippen LogP contribution in [0.15, 0.2) is 48.8 Å². The number of para-hydroxylation sites is 1. The van der Waals surface area contributed by atoms with E-state index < -0.39 is 0 Å². The number of nitrogens with zero attached hydrogens (tertiary/aromatic N) is 5. The van der Waals surface area contributed by atoms with E-state index in [0.717, 1.165) is 29.1 Å². The van der Waals surface area contributed by atoms with Crippen molar-refractivity contribution in [3.8, 4) is 5.75 Å². The minimum Gasteiger partial charge on any atom is -0.494 e. The number of rotatable bonds is 5. The molecular weight excluding hydrogens is 371 g/mol. The lowest BCUT2D eigenvalue weighted by atomic mass is 10.2. The molecule has 0 aliphatic carbocycles. The second-order valence-corrected chi connectivity index (χ2v) is 6.96. The number of nitrogen functional groups attached to an aromatic ring is 1. The van der Waals surface area contributed by atoms with Gasteiger partial charge in [0.2, 0.25) is 5.95 Å². The summed E-state index contributed by atoms with van der Waals surface area (Å²) in [5.74, 6) is 1.41. The Kier molecular flexibility index (Phi) is 4.04. The van der Waals surface area contributed by atoms with Crippen molar-refractivity contribution in [1.82, 2.24) is 24.1 Å². The van der Waals surface area contributed by atoms with Gasteiger partial charge in [0.25, 0.3) is 0 Å². The molecule has 0 unspecified atom stereocenters. The number of methoxy groups -OCH3 is 1. The predicted octanol–water partition coefficient (Wildman–Crippen LogP) is 3.59. The monoisotopic (exact) mass is 390 g/mol. The Morgan fingerprint density at radius 3 is 2.83 bits per heavy atom. The lowest BCUT2D eigenvalue weighted by Crippen LogP contribution is -2.03. The number of benzene rings is 2. The van der Waals surface area contributed by atoms with Crippen molar-refractivity contribution in [3.05, 3.63) is 60.4 Å². The van der Waals surface area contributed by atoms with E-state index in [1.54, 1.807) is 23.8 Å². The molecule has 0 saturated carbocycles. The van der Waals surface area contributed by atoms with Crippen LogP contribution in [0.4, 0.5) is 10.3 Å². The molecule has 2 aromatic carbocycles. The van der Waals surface area contributed by atoms with Crippen molar-refractivity contribution in [2.24, 2.45) is 0 Å². The number of fused-ring (bicyclic) bond motifs is 4. The molecule has 0 bridgehead atoms. The maximum atomic E-state index is 13.4. The molecule has 0 amide bonds. The number of anilines is 1. The topological polar surface area (TPSA) is 83.3 Å². The Morgan fingerprint density at radius 1 is 1.10 bits per heavy atom. The van der Waals surface area contributed by atoms with E-state index in [1.165, 1.54) is 6.07 Å². The average Bonchev–Trinajstić information content (AvgIpc) is 3.32. The van der Waals surface area contributed by atoms with Crippen molar-refractivity contribution < 1.29 is 9.13 Å². The van der Waals surface area contributed by atoms with E-state index in [1.807, 2.05) is 30.6 Å². The predicted molar refractivity (Wildman–Crippen MR) is 109 cm³/mol. The van der Waals surface area contributed by atoms with Crippen LogP contribution in [0.5, 0.6) is 5.75 Å². The van der Waals surface area contributed by atoms with Crippen molar-refractivity contribution in [2.75, 3.05) is 12.8 Å². The fraction of sp³-hybridized carbons (Fsp3) is 0.190. The summed E-state index contributed by atoms with van der Waals surface area (Å²) in [5, 5.41) is 7.29. The highest BCUT2D eigenvalue weighted by Gasteiger charge is 2.14. The summed E-state index contributed by atoms with van der Waals surface area (Å²) in [6.07, 6.45) is 5.51. The molecule has 146 valence electrons. The number of aryl methyl sites for hydroxylation is 2. The molecule has 3 heterocycles. The van der Waals surface area contributed by atoms with Gasteiger partial charge in [-0.25, -0.2) is 14.4 Å². The zero-order chi connectivity index (χ0) is 20.0. The molecule has 5 aromatic rings. The van der Waals surface area contributed by atoms with Crippen LogP contribution in [0.2, 0.25) is 0 Å². The van der Waals surface area contributed by atoms with Gasteiger partial charge >= 0.3 is 0 Å². The highest BCUT2D eigenvalue weighted by atomic mass is 19.1. The molecular formula is C21H19FN6O.